The van der Waals surface area contributed by atoms with Crippen LogP contribution in [-0.2, 0) is 6.30 Å². The molecule has 0 N–H and O–H groups in total. The van der Waals surface area contributed by atoms with Gasteiger partial charge >= 0.3 is 6.30 Å². The zero-order valence-corrected chi connectivity index (χ0v) is 7.89. The Morgan fingerprint density at radius 1 is 1.38 bits per heavy atom. The van der Waals surface area contributed by atoms with Gasteiger partial charge < -0.3 is 0 Å². The smallest absolute Gasteiger partial charge is 0.179 e. The summed E-state index contributed by atoms with van der Waals surface area (Å²) in [6, 6.07) is 0. The van der Waals surface area contributed by atoms with E-state index in [2.05, 4.69) is 18.9 Å². The first kappa shape index (κ1) is 12.0. The molecule has 0 aliphatic heterocycles. The van der Waals surface area contributed by atoms with Crippen LogP contribution in [0.5, 0.6) is 0 Å². The lowest BCUT2D eigenvalue weighted by molar-refractivity contribution is -0.212. The highest BCUT2D eigenvalue weighted by Crippen LogP contribution is 2.20. The molecule has 0 aromatic carbocycles. The van der Waals surface area contributed by atoms with Crippen molar-refractivity contribution in [2.45, 2.75) is 33.5 Å². The van der Waals surface area contributed by atoms with E-state index < -0.39 is 6.30 Å². The lowest BCUT2D eigenvalue weighted by Crippen LogP contribution is -2.16. The molecule has 76 valence electrons. The van der Waals surface area contributed by atoms with Gasteiger partial charge in [0.15, 0.2) is 0 Å². The Kier molecular flexibility index (Phi) is 4.51. The number of rotatable bonds is 0. The molecule has 0 bridgehead atoms. The van der Waals surface area contributed by atoms with Crippen LogP contribution in [0.2, 0.25) is 0 Å². The summed E-state index contributed by atoms with van der Waals surface area (Å²) in [4.78, 5) is 0. The van der Waals surface area contributed by atoms with E-state index in [0.29, 0.717) is 5.56 Å². The van der Waals surface area contributed by atoms with E-state index in [0.717, 1.165) is 12.4 Å². The number of aryl methyl sites for hydroxylation is 1. The molecule has 13 heavy (non-hydrogen) atoms. The second kappa shape index (κ2) is 4.89. The van der Waals surface area contributed by atoms with Gasteiger partial charge in [-0.25, -0.2) is 0 Å². The van der Waals surface area contributed by atoms with Gasteiger partial charge in [-0.15, -0.1) is 13.2 Å². The van der Waals surface area contributed by atoms with Gasteiger partial charge in [-0.05, 0) is 12.5 Å². The standard InChI is InChI=1S/C5H5F3N2.C3H8/c1-4-2-9-10(3-4)5(6,7)8;1-3-2/h2-3H,1H3;3H2,1-2H3. The van der Waals surface area contributed by atoms with E-state index in [1.165, 1.54) is 6.42 Å². The Morgan fingerprint density at radius 3 is 2.00 bits per heavy atom. The fourth-order valence-corrected chi connectivity index (χ4v) is 0.551. The van der Waals surface area contributed by atoms with Crippen LogP contribution in [0.4, 0.5) is 13.2 Å². The first-order chi connectivity index (χ1) is 5.91. The van der Waals surface area contributed by atoms with Gasteiger partial charge in [-0.1, -0.05) is 20.3 Å². The molecule has 1 aromatic heterocycles. The van der Waals surface area contributed by atoms with Crippen molar-refractivity contribution in [2.24, 2.45) is 0 Å². The van der Waals surface area contributed by atoms with Crippen LogP contribution in [0, 0.1) is 6.92 Å². The maximum atomic E-state index is 11.7. The molecule has 0 atom stereocenters. The summed E-state index contributed by atoms with van der Waals surface area (Å²) in [6.07, 6.45) is -1.04. The van der Waals surface area contributed by atoms with E-state index in [-0.39, 0.29) is 4.68 Å². The Morgan fingerprint density at radius 2 is 1.85 bits per heavy atom. The third-order valence-electron chi connectivity index (χ3n) is 0.971. The zero-order valence-electron chi connectivity index (χ0n) is 7.89. The molecule has 0 fully saturated rings. The van der Waals surface area contributed by atoms with Gasteiger partial charge in [-0.2, -0.15) is 9.78 Å². The number of aromatic nitrogens is 2. The fourth-order valence-electron chi connectivity index (χ4n) is 0.551. The van der Waals surface area contributed by atoms with Gasteiger partial charge in [0, 0.05) is 6.20 Å². The van der Waals surface area contributed by atoms with Crippen LogP contribution in [0.3, 0.4) is 0 Å². The molecule has 0 aliphatic rings. The van der Waals surface area contributed by atoms with Gasteiger partial charge in [0.2, 0.25) is 0 Å². The minimum atomic E-state index is -4.38. The minimum absolute atomic E-state index is 0.0255. The molecule has 0 radical (unpaired) electrons. The maximum absolute atomic E-state index is 11.7. The second-order valence-electron chi connectivity index (χ2n) is 2.64. The van der Waals surface area contributed by atoms with Crippen LogP contribution >= 0.6 is 0 Å². The highest BCUT2D eigenvalue weighted by molar-refractivity contribution is 4.99. The number of alkyl halides is 3. The lowest BCUT2D eigenvalue weighted by Gasteiger charge is -2.03. The van der Waals surface area contributed by atoms with Crippen LogP contribution in [0.25, 0.3) is 0 Å². The van der Waals surface area contributed by atoms with Crippen molar-refractivity contribution in [2.75, 3.05) is 0 Å². The predicted molar refractivity (Wildman–Crippen MR) is 44.2 cm³/mol. The average Bonchev–Trinajstić information content (AvgIpc) is 2.35. The second-order valence-corrected chi connectivity index (χ2v) is 2.64. The third kappa shape index (κ3) is 4.55. The quantitative estimate of drug-likeness (QED) is 0.620. The highest BCUT2D eigenvalue weighted by atomic mass is 19.4. The third-order valence-corrected chi connectivity index (χ3v) is 0.971. The summed E-state index contributed by atoms with van der Waals surface area (Å²) >= 11 is 0. The van der Waals surface area contributed by atoms with Crippen molar-refractivity contribution in [1.29, 1.82) is 0 Å². The Hall–Kier alpha value is -1.00. The van der Waals surface area contributed by atoms with Crippen LogP contribution < -0.4 is 0 Å². The topological polar surface area (TPSA) is 17.8 Å². The van der Waals surface area contributed by atoms with Crippen molar-refractivity contribution in [3.8, 4) is 0 Å². The van der Waals surface area contributed by atoms with Crippen LogP contribution in [-0.4, -0.2) is 9.78 Å². The summed E-state index contributed by atoms with van der Waals surface area (Å²) in [5, 5.41) is 3.08. The zero-order chi connectivity index (χ0) is 10.5. The molecule has 0 saturated carbocycles. The van der Waals surface area contributed by atoms with Crippen LogP contribution in [0.1, 0.15) is 25.8 Å². The van der Waals surface area contributed by atoms with Crippen molar-refractivity contribution in [1.82, 2.24) is 9.78 Å². The highest BCUT2D eigenvalue weighted by Gasteiger charge is 2.30. The van der Waals surface area contributed by atoms with E-state index in [9.17, 15) is 13.2 Å². The molecular formula is C8H13F3N2. The monoisotopic (exact) mass is 194 g/mol. The summed E-state index contributed by atoms with van der Waals surface area (Å²) < 4.78 is 35.1. The van der Waals surface area contributed by atoms with Gasteiger partial charge in [-0.3, -0.25) is 0 Å². The molecule has 2 nitrogen and oxygen atoms in total. The fraction of sp³-hybridized carbons (Fsp3) is 0.625. The molecule has 0 amide bonds. The Balaban J connectivity index is 0.000000424. The van der Waals surface area contributed by atoms with Crippen molar-refractivity contribution < 1.29 is 13.2 Å². The van der Waals surface area contributed by atoms with Gasteiger partial charge in [0.25, 0.3) is 0 Å². The van der Waals surface area contributed by atoms with E-state index in [1.54, 1.807) is 6.92 Å². The predicted octanol–water partition coefficient (Wildman–Crippen LogP) is 3.08. The van der Waals surface area contributed by atoms with E-state index in [1.807, 2.05) is 0 Å². The van der Waals surface area contributed by atoms with E-state index >= 15 is 0 Å². The molecule has 5 heteroatoms. The van der Waals surface area contributed by atoms with Gasteiger partial charge in [0.05, 0.1) is 6.20 Å². The first-order valence-electron chi connectivity index (χ1n) is 4.00. The Labute approximate surface area is 75.4 Å². The van der Waals surface area contributed by atoms with E-state index in [4.69, 9.17) is 0 Å². The normalized spacial score (nSPS) is 10.6. The number of hydrogen-bond acceptors (Lipinski definition) is 1. The number of halogens is 3. The van der Waals surface area contributed by atoms with Gasteiger partial charge in [0.1, 0.15) is 0 Å². The molecule has 0 spiro atoms. The first-order valence-corrected chi connectivity index (χ1v) is 4.00. The average molecular weight is 194 g/mol. The van der Waals surface area contributed by atoms with Crippen LogP contribution in [0.15, 0.2) is 12.4 Å². The van der Waals surface area contributed by atoms with Crippen molar-refractivity contribution in [3.63, 3.8) is 0 Å². The number of hydrogen-bond donors (Lipinski definition) is 0. The maximum Gasteiger partial charge on any atom is 0.504 e. The summed E-state index contributed by atoms with van der Waals surface area (Å²) in [5.41, 5.74) is 0.498. The SMILES string of the molecule is CCC.Cc1cnn(C(F)(F)F)c1. The van der Waals surface area contributed by atoms with Crippen molar-refractivity contribution >= 4 is 0 Å². The largest absolute Gasteiger partial charge is 0.504 e. The van der Waals surface area contributed by atoms with Crippen molar-refractivity contribution in [3.05, 3.63) is 18.0 Å². The summed E-state index contributed by atoms with van der Waals surface area (Å²) in [5.74, 6) is 0. The minimum Gasteiger partial charge on any atom is -0.179 e. The summed E-state index contributed by atoms with van der Waals surface area (Å²) in [7, 11) is 0. The Bertz CT molecular complexity index is 240. The molecule has 0 aliphatic carbocycles. The molecule has 1 aromatic rings. The molecular weight excluding hydrogens is 181 g/mol. The number of nitrogens with zero attached hydrogens (tertiary/aromatic N) is 2. The lowest BCUT2D eigenvalue weighted by atomic mass is 10.4. The molecule has 0 saturated heterocycles. The molecule has 0 unspecified atom stereocenters. The molecule has 1 rings (SSSR count). The molecule has 1 heterocycles. The summed E-state index contributed by atoms with van der Waals surface area (Å²) in [6.45, 7) is 5.80.